The van der Waals surface area contributed by atoms with Gasteiger partial charge < -0.3 is 20.4 Å². The van der Waals surface area contributed by atoms with Gasteiger partial charge in [0.2, 0.25) is 0 Å². The van der Waals surface area contributed by atoms with E-state index in [1.807, 2.05) is 26.0 Å². The van der Waals surface area contributed by atoms with Crippen LogP contribution in [0.3, 0.4) is 0 Å². The van der Waals surface area contributed by atoms with Crippen LogP contribution in [0.5, 0.6) is 0 Å². The molecule has 0 radical (unpaired) electrons. The van der Waals surface area contributed by atoms with Gasteiger partial charge in [0.1, 0.15) is 6.23 Å². The number of likely N-dealkylation sites (tertiary alicyclic amines) is 1. The molecular weight excluding hydrogens is 441 g/mol. The number of nitrogens with one attached hydrogen (secondary N) is 1. The number of rotatable bonds is 10. The predicted molar refractivity (Wildman–Crippen MR) is 130 cm³/mol. The molecule has 2 aromatic carbocycles. The summed E-state index contributed by atoms with van der Waals surface area (Å²) in [6, 6.07) is 13.1. The highest BCUT2D eigenvalue weighted by Gasteiger charge is 2.30. The van der Waals surface area contributed by atoms with Crippen LogP contribution in [0.4, 0.5) is 18.9 Å². The summed E-state index contributed by atoms with van der Waals surface area (Å²) in [5.74, 6) is 0.652. The van der Waals surface area contributed by atoms with Crippen LogP contribution < -0.4 is 5.32 Å². The molecule has 7 heteroatoms. The van der Waals surface area contributed by atoms with Gasteiger partial charge in [-0.15, -0.1) is 0 Å². The number of aliphatic hydroxyl groups is 2. The van der Waals surface area contributed by atoms with Crippen LogP contribution in [-0.4, -0.2) is 41.0 Å². The Balaban J connectivity index is 1.37. The topological polar surface area (TPSA) is 55.7 Å². The Morgan fingerprint density at radius 1 is 1.00 bits per heavy atom. The van der Waals surface area contributed by atoms with Gasteiger partial charge in [-0.1, -0.05) is 38.1 Å². The minimum atomic E-state index is -4.35. The zero-order chi connectivity index (χ0) is 24.7. The van der Waals surface area contributed by atoms with E-state index in [0.29, 0.717) is 17.9 Å². The summed E-state index contributed by atoms with van der Waals surface area (Å²) in [6.07, 6.45) is -1.15. The van der Waals surface area contributed by atoms with E-state index in [9.17, 15) is 23.4 Å². The minimum Gasteiger partial charge on any atom is -0.388 e. The van der Waals surface area contributed by atoms with Crippen molar-refractivity contribution in [2.24, 2.45) is 5.92 Å². The van der Waals surface area contributed by atoms with Crippen molar-refractivity contribution in [3.05, 3.63) is 65.2 Å². The summed E-state index contributed by atoms with van der Waals surface area (Å²) in [5, 5.41) is 23.6. The number of hydrogen-bond donors (Lipinski definition) is 3. The summed E-state index contributed by atoms with van der Waals surface area (Å²) in [6.45, 7) is 6.98. The van der Waals surface area contributed by atoms with Crippen molar-refractivity contribution >= 4 is 5.69 Å². The number of alkyl halides is 3. The van der Waals surface area contributed by atoms with Gasteiger partial charge >= 0.3 is 6.18 Å². The van der Waals surface area contributed by atoms with E-state index >= 15 is 0 Å². The molecule has 0 aliphatic carbocycles. The molecule has 1 aliphatic heterocycles. The fraction of sp³-hybridized carbons (Fsp3) is 0.556. The van der Waals surface area contributed by atoms with Crippen molar-refractivity contribution in [2.75, 3.05) is 25.0 Å². The molecule has 0 amide bonds. The van der Waals surface area contributed by atoms with Crippen molar-refractivity contribution in [1.82, 2.24) is 4.90 Å². The monoisotopic (exact) mass is 478 g/mol. The van der Waals surface area contributed by atoms with Crippen molar-refractivity contribution in [2.45, 2.75) is 70.4 Å². The Kier molecular flexibility index (Phi) is 9.39. The van der Waals surface area contributed by atoms with Gasteiger partial charge in [-0.25, -0.2) is 0 Å². The lowest BCUT2D eigenvalue weighted by Gasteiger charge is -2.32. The smallest absolute Gasteiger partial charge is 0.388 e. The molecular formula is C27H37F3N2O2. The third-order valence-electron chi connectivity index (χ3n) is 6.72. The average molecular weight is 479 g/mol. The SMILES string of the molecule is CC(C)C(O)Nc1cccc(C2CCN(CCCCC(O)c3ccc(C(F)(F)F)cc3)CC2)c1. The maximum Gasteiger partial charge on any atom is 0.416 e. The van der Waals surface area contributed by atoms with Gasteiger partial charge in [-0.2, -0.15) is 13.2 Å². The zero-order valence-electron chi connectivity index (χ0n) is 20.1. The average Bonchev–Trinajstić information content (AvgIpc) is 2.81. The van der Waals surface area contributed by atoms with Gasteiger partial charge in [0.05, 0.1) is 11.7 Å². The minimum absolute atomic E-state index is 0.142. The first-order valence-corrected chi connectivity index (χ1v) is 12.3. The second-order valence-electron chi connectivity index (χ2n) is 9.71. The maximum atomic E-state index is 12.7. The molecule has 2 atom stereocenters. The lowest BCUT2D eigenvalue weighted by molar-refractivity contribution is -0.137. The van der Waals surface area contributed by atoms with Gasteiger partial charge in [-0.05, 0) is 99.0 Å². The van der Waals surface area contributed by atoms with Gasteiger partial charge in [0, 0.05) is 5.69 Å². The number of unbranched alkanes of at least 4 members (excludes halogenated alkanes) is 1. The molecule has 3 N–H and O–H groups in total. The number of aliphatic hydroxyl groups excluding tert-OH is 2. The van der Waals surface area contributed by atoms with E-state index in [1.165, 1.54) is 17.7 Å². The quantitative estimate of drug-likeness (QED) is 0.282. The van der Waals surface area contributed by atoms with Crippen molar-refractivity contribution in [3.8, 4) is 0 Å². The van der Waals surface area contributed by atoms with Crippen molar-refractivity contribution in [1.29, 1.82) is 0 Å². The van der Waals surface area contributed by atoms with Crippen molar-refractivity contribution < 1.29 is 23.4 Å². The molecule has 1 aliphatic rings. The lowest BCUT2D eigenvalue weighted by Crippen LogP contribution is -2.33. The molecule has 3 rings (SSSR count). The normalized spacial score (nSPS) is 17.6. The Hall–Kier alpha value is -2.09. The van der Waals surface area contributed by atoms with E-state index in [-0.39, 0.29) is 5.92 Å². The van der Waals surface area contributed by atoms with E-state index in [2.05, 4.69) is 22.3 Å². The molecule has 0 spiro atoms. The van der Waals surface area contributed by atoms with E-state index < -0.39 is 24.1 Å². The van der Waals surface area contributed by atoms with Crippen LogP contribution in [0.2, 0.25) is 0 Å². The molecule has 2 unspecified atom stereocenters. The highest BCUT2D eigenvalue weighted by molar-refractivity contribution is 5.47. The molecule has 2 aromatic rings. The number of anilines is 1. The third kappa shape index (κ3) is 7.72. The molecule has 188 valence electrons. The van der Waals surface area contributed by atoms with Crippen LogP contribution in [0.1, 0.15) is 74.7 Å². The molecule has 0 saturated carbocycles. The Bertz CT molecular complexity index is 878. The second-order valence-corrected chi connectivity index (χ2v) is 9.71. The molecule has 1 saturated heterocycles. The standard InChI is InChI=1S/C27H37F3N2O2/c1-19(2)26(34)31-24-7-5-6-22(18-24)20-13-16-32(17-14-20)15-4-3-8-25(33)21-9-11-23(12-10-21)27(28,29)30/h5-7,9-12,18-20,25-26,31,33-34H,3-4,8,13-17H2,1-2H3. The first kappa shape index (κ1) is 26.5. The number of piperidine rings is 1. The number of hydrogen-bond acceptors (Lipinski definition) is 4. The molecule has 1 heterocycles. The van der Waals surface area contributed by atoms with E-state index in [1.54, 1.807) is 0 Å². The zero-order valence-corrected chi connectivity index (χ0v) is 20.1. The van der Waals surface area contributed by atoms with Crippen LogP contribution in [-0.2, 0) is 6.18 Å². The van der Waals surface area contributed by atoms with E-state index in [0.717, 1.165) is 63.1 Å². The second kappa shape index (κ2) is 12.0. The van der Waals surface area contributed by atoms with Gasteiger partial charge in [0.15, 0.2) is 0 Å². The Morgan fingerprint density at radius 3 is 2.29 bits per heavy atom. The third-order valence-corrected chi connectivity index (χ3v) is 6.72. The highest BCUT2D eigenvalue weighted by Crippen LogP contribution is 2.32. The summed E-state index contributed by atoms with van der Waals surface area (Å²) in [7, 11) is 0. The number of halogens is 3. The molecule has 1 fully saturated rings. The number of benzene rings is 2. The fourth-order valence-corrected chi connectivity index (χ4v) is 4.44. The first-order valence-electron chi connectivity index (χ1n) is 12.3. The molecule has 34 heavy (non-hydrogen) atoms. The van der Waals surface area contributed by atoms with Crippen LogP contribution in [0.25, 0.3) is 0 Å². The molecule has 0 aromatic heterocycles. The van der Waals surface area contributed by atoms with Crippen LogP contribution in [0.15, 0.2) is 48.5 Å². The van der Waals surface area contributed by atoms with Crippen LogP contribution >= 0.6 is 0 Å². The molecule has 0 bridgehead atoms. The summed E-state index contributed by atoms with van der Waals surface area (Å²) in [4.78, 5) is 2.45. The van der Waals surface area contributed by atoms with Gasteiger partial charge in [0.25, 0.3) is 0 Å². The predicted octanol–water partition coefficient (Wildman–Crippen LogP) is 6.18. The summed E-state index contributed by atoms with van der Waals surface area (Å²) >= 11 is 0. The van der Waals surface area contributed by atoms with Crippen LogP contribution in [0, 0.1) is 5.92 Å². The fourth-order valence-electron chi connectivity index (χ4n) is 4.44. The molecule has 4 nitrogen and oxygen atoms in total. The highest BCUT2D eigenvalue weighted by atomic mass is 19.4. The van der Waals surface area contributed by atoms with E-state index in [4.69, 9.17) is 0 Å². The number of nitrogens with zero attached hydrogens (tertiary/aromatic N) is 1. The summed E-state index contributed by atoms with van der Waals surface area (Å²) in [5.41, 5.74) is 2.10. The van der Waals surface area contributed by atoms with Gasteiger partial charge in [-0.3, -0.25) is 0 Å². The first-order chi connectivity index (χ1) is 16.1. The summed E-state index contributed by atoms with van der Waals surface area (Å²) < 4.78 is 38.0. The Labute approximate surface area is 200 Å². The van der Waals surface area contributed by atoms with Crippen molar-refractivity contribution in [3.63, 3.8) is 0 Å². The lowest BCUT2D eigenvalue weighted by atomic mass is 9.89. The Morgan fingerprint density at radius 2 is 1.68 bits per heavy atom. The largest absolute Gasteiger partial charge is 0.416 e. The maximum absolute atomic E-state index is 12.7.